The van der Waals surface area contributed by atoms with E-state index in [4.69, 9.17) is 9.97 Å². The molecule has 5 aliphatic rings. The van der Waals surface area contributed by atoms with Crippen molar-refractivity contribution in [2.45, 2.75) is 37.9 Å². The Kier molecular flexibility index (Phi) is 4.27. The number of allylic oxidation sites excluding steroid dienone is 2. The number of aliphatic carboxylic acids is 1. The lowest BCUT2D eigenvalue weighted by Gasteiger charge is -2.47. The van der Waals surface area contributed by atoms with E-state index >= 15 is 0 Å². The summed E-state index contributed by atoms with van der Waals surface area (Å²) in [6.45, 7) is 0. The first-order valence-corrected chi connectivity index (χ1v) is 11.5. The van der Waals surface area contributed by atoms with E-state index in [-0.39, 0.29) is 24.0 Å². The molecule has 2 aliphatic heterocycles. The molecule has 0 radical (unpaired) electrons. The Morgan fingerprint density at radius 1 is 1.16 bits per heavy atom. The second-order valence-electron chi connectivity index (χ2n) is 8.69. The Hall–Kier alpha value is -2.94. The van der Waals surface area contributed by atoms with E-state index in [1.807, 2.05) is 11.4 Å². The number of rotatable bonds is 4. The smallest absolute Gasteiger partial charge is 0.308 e. The lowest BCUT2D eigenvalue weighted by Crippen LogP contribution is -2.51. The number of nitrogens with one attached hydrogen (secondary N) is 3. The molecule has 160 valence electrons. The van der Waals surface area contributed by atoms with Gasteiger partial charge in [0, 0.05) is 29.6 Å². The highest BCUT2D eigenvalue weighted by Crippen LogP contribution is 2.47. The second kappa shape index (κ2) is 7.05. The van der Waals surface area contributed by atoms with Crippen LogP contribution in [0.15, 0.2) is 41.3 Å². The topological polar surface area (TPSA) is 99.2 Å². The highest BCUT2D eigenvalue weighted by molar-refractivity contribution is 7.17. The third-order valence-electron chi connectivity index (χ3n) is 7.05. The first kappa shape index (κ1) is 18.8. The maximum atomic E-state index is 13.9. The van der Waals surface area contributed by atoms with Crippen LogP contribution in [-0.2, 0) is 4.79 Å². The summed E-state index contributed by atoms with van der Waals surface area (Å²) in [5.41, 5.74) is 2.28. The molecule has 7 nitrogen and oxygen atoms in total. The van der Waals surface area contributed by atoms with Gasteiger partial charge < -0.3 is 21.1 Å². The van der Waals surface area contributed by atoms with E-state index < -0.39 is 11.9 Å². The highest BCUT2D eigenvalue weighted by Gasteiger charge is 2.47. The van der Waals surface area contributed by atoms with E-state index in [1.54, 1.807) is 17.5 Å². The van der Waals surface area contributed by atoms with Gasteiger partial charge in [-0.15, -0.1) is 11.3 Å². The Morgan fingerprint density at radius 2 is 1.94 bits per heavy atom. The number of thiophene rings is 1. The van der Waals surface area contributed by atoms with Crippen molar-refractivity contribution in [3.05, 3.63) is 47.1 Å². The van der Waals surface area contributed by atoms with Crippen LogP contribution in [0.2, 0.25) is 0 Å². The van der Waals surface area contributed by atoms with Gasteiger partial charge in [-0.3, -0.25) is 4.79 Å². The van der Waals surface area contributed by atoms with Gasteiger partial charge in [0.05, 0.1) is 16.1 Å². The van der Waals surface area contributed by atoms with Gasteiger partial charge >= 0.3 is 5.97 Å². The van der Waals surface area contributed by atoms with Crippen molar-refractivity contribution in [3.8, 4) is 0 Å². The van der Waals surface area contributed by atoms with Crippen molar-refractivity contribution in [1.82, 2.24) is 20.6 Å². The summed E-state index contributed by atoms with van der Waals surface area (Å²) in [6.07, 6.45) is 8.50. The molecule has 0 saturated heterocycles. The van der Waals surface area contributed by atoms with Gasteiger partial charge in [-0.05, 0) is 55.0 Å². The summed E-state index contributed by atoms with van der Waals surface area (Å²) in [5.74, 6) is 0.245. The molecule has 3 aliphatic carbocycles. The molecule has 3 fully saturated rings. The Bertz CT molecular complexity index is 1160. The standard InChI is InChI=1S/C22H22FN5O2S/c23-12-7-13-14(9-25-19(13)24-8-12)20-26-15-5-6-31-18(15)21(28-20)27-17-11-3-1-10(2-4-11)16(17)22(29)30/h5-11,16-17,19,24-25H,1-4H2,(H,29,30)(H,26,27,28)/t10?,11?,16-,17-,19?/m0/s1. The van der Waals surface area contributed by atoms with Crippen molar-refractivity contribution in [3.63, 3.8) is 0 Å². The molecule has 2 bridgehead atoms. The number of carboxylic acids is 1. The minimum atomic E-state index is -0.727. The van der Waals surface area contributed by atoms with Crippen LogP contribution in [0, 0.1) is 17.8 Å². The van der Waals surface area contributed by atoms with Crippen LogP contribution in [0.3, 0.4) is 0 Å². The lowest BCUT2D eigenvalue weighted by atomic mass is 9.61. The average molecular weight is 440 g/mol. The molecule has 7 rings (SSSR count). The molecule has 3 atom stereocenters. The number of dihydropyridines is 1. The maximum Gasteiger partial charge on any atom is 0.308 e. The van der Waals surface area contributed by atoms with E-state index in [0.717, 1.165) is 47.0 Å². The SMILES string of the molecule is O=C(O)[C@H]1C2CCC(CC2)[C@@H]1Nc1nc(C2=CNC3NC=C(F)C=C23)nc2ccsc12. The minimum absolute atomic E-state index is 0.141. The molecular formula is C22H22FN5O2S. The Morgan fingerprint density at radius 3 is 2.74 bits per heavy atom. The van der Waals surface area contributed by atoms with Crippen LogP contribution in [0.1, 0.15) is 31.5 Å². The van der Waals surface area contributed by atoms with Gasteiger partial charge in [-0.25, -0.2) is 14.4 Å². The summed E-state index contributed by atoms with van der Waals surface area (Å²) in [5, 5.41) is 21.6. The normalized spacial score (nSPS) is 31.3. The van der Waals surface area contributed by atoms with Gasteiger partial charge in [-0.1, -0.05) is 0 Å². The van der Waals surface area contributed by atoms with Crippen LogP contribution in [0.25, 0.3) is 15.8 Å². The van der Waals surface area contributed by atoms with E-state index in [0.29, 0.717) is 17.6 Å². The number of nitrogens with zero attached hydrogens (tertiary/aromatic N) is 2. The molecule has 1 unspecified atom stereocenters. The van der Waals surface area contributed by atoms with Gasteiger partial charge in [0.1, 0.15) is 17.8 Å². The van der Waals surface area contributed by atoms with Crippen LogP contribution in [0.5, 0.6) is 0 Å². The van der Waals surface area contributed by atoms with Crippen molar-refractivity contribution in [1.29, 1.82) is 0 Å². The number of halogens is 1. The van der Waals surface area contributed by atoms with Gasteiger partial charge in [0.2, 0.25) is 0 Å². The van der Waals surface area contributed by atoms with Crippen molar-refractivity contribution in [2.24, 2.45) is 17.8 Å². The molecule has 4 heterocycles. The molecular weight excluding hydrogens is 417 g/mol. The predicted octanol–water partition coefficient (Wildman–Crippen LogP) is 3.60. The monoisotopic (exact) mass is 439 g/mol. The molecule has 4 N–H and O–H groups in total. The molecule has 3 saturated carbocycles. The largest absolute Gasteiger partial charge is 0.481 e. The van der Waals surface area contributed by atoms with Crippen LogP contribution < -0.4 is 16.0 Å². The molecule has 0 amide bonds. The van der Waals surface area contributed by atoms with Crippen LogP contribution in [0.4, 0.5) is 10.2 Å². The van der Waals surface area contributed by atoms with Crippen molar-refractivity contribution < 1.29 is 14.3 Å². The summed E-state index contributed by atoms with van der Waals surface area (Å²) >= 11 is 1.54. The summed E-state index contributed by atoms with van der Waals surface area (Å²) < 4.78 is 14.8. The number of carbonyl (C=O) groups is 1. The van der Waals surface area contributed by atoms with Crippen LogP contribution >= 0.6 is 11.3 Å². The number of aromatic nitrogens is 2. The number of anilines is 1. The Labute approximate surface area is 182 Å². The molecule has 9 heteroatoms. The summed E-state index contributed by atoms with van der Waals surface area (Å²) in [6, 6.07) is 1.80. The van der Waals surface area contributed by atoms with Gasteiger partial charge in [-0.2, -0.15) is 0 Å². The zero-order chi connectivity index (χ0) is 21.1. The number of hydrogen-bond donors (Lipinski definition) is 4. The molecule has 0 spiro atoms. The quantitative estimate of drug-likeness (QED) is 0.578. The minimum Gasteiger partial charge on any atom is -0.481 e. The fourth-order valence-corrected chi connectivity index (χ4v) is 6.38. The second-order valence-corrected chi connectivity index (χ2v) is 9.61. The van der Waals surface area contributed by atoms with E-state index in [1.165, 1.54) is 12.3 Å². The zero-order valence-electron chi connectivity index (χ0n) is 16.6. The molecule has 0 aromatic carbocycles. The Balaban J connectivity index is 1.40. The maximum absolute atomic E-state index is 13.9. The van der Waals surface area contributed by atoms with E-state index in [9.17, 15) is 14.3 Å². The molecule has 2 aromatic heterocycles. The predicted molar refractivity (Wildman–Crippen MR) is 117 cm³/mol. The van der Waals surface area contributed by atoms with Crippen molar-refractivity contribution in [2.75, 3.05) is 5.32 Å². The average Bonchev–Trinajstić information content (AvgIpc) is 3.41. The number of carboxylic acid groups (broad SMARTS) is 1. The number of hydrogen-bond acceptors (Lipinski definition) is 7. The molecule has 2 aromatic rings. The third-order valence-corrected chi connectivity index (χ3v) is 7.96. The lowest BCUT2D eigenvalue weighted by molar-refractivity contribution is -0.148. The van der Waals surface area contributed by atoms with Crippen molar-refractivity contribution >= 4 is 38.9 Å². The zero-order valence-corrected chi connectivity index (χ0v) is 17.5. The van der Waals surface area contributed by atoms with E-state index in [2.05, 4.69) is 16.0 Å². The molecule has 31 heavy (non-hydrogen) atoms. The highest BCUT2D eigenvalue weighted by atomic mass is 32.1. The van der Waals surface area contributed by atoms with Crippen LogP contribution in [-0.4, -0.2) is 33.3 Å². The fraction of sp³-hybridized carbons (Fsp3) is 0.409. The summed E-state index contributed by atoms with van der Waals surface area (Å²) in [4.78, 5) is 21.6. The van der Waals surface area contributed by atoms with Gasteiger partial charge in [0.15, 0.2) is 5.82 Å². The first-order chi connectivity index (χ1) is 15.1. The summed E-state index contributed by atoms with van der Waals surface area (Å²) in [7, 11) is 0. The van der Waals surface area contributed by atoms with Gasteiger partial charge in [0.25, 0.3) is 0 Å². The fourth-order valence-electron chi connectivity index (χ4n) is 5.59. The first-order valence-electron chi connectivity index (χ1n) is 10.6. The number of fused-ring (bicyclic) bond motifs is 5. The third kappa shape index (κ3) is 3.02.